The molecule has 1 fully saturated rings. The zero-order chi connectivity index (χ0) is 24.1. The molecule has 2 aromatic rings. The van der Waals surface area contributed by atoms with Crippen LogP contribution in [0, 0.1) is 0 Å². The van der Waals surface area contributed by atoms with E-state index in [0.29, 0.717) is 22.8 Å². The Morgan fingerprint density at radius 2 is 1.70 bits per heavy atom. The zero-order valence-corrected chi connectivity index (χ0v) is 19.5. The topological polar surface area (TPSA) is 94.5 Å². The summed E-state index contributed by atoms with van der Waals surface area (Å²) in [7, 11) is 4.48. The highest BCUT2D eigenvalue weighted by Crippen LogP contribution is 2.43. The van der Waals surface area contributed by atoms with Crippen molar-refractivity contribution < 1.29 is 33.6 Å². The minimum Gasteiger partial charge on any atom is -0.507 e. The minimum absolute atomic E-state index is 0.0323. The van der Waals surface area contributed by atoms with E-state index >= 15 is 0 Å². The van der Waals surface area contributed by atoms with E-state index in [4.69, 9.17) is 18.9 Å². The summed E-state index contributed by atoms with van der Waals surface area (Å²) in [6.45, 7) is 4.19. The van der Waals surface area contributed by atoms with Gasteiger partial charge in [0.05, 0.1) is 51.2 Å². The summed E-state index contributed by atoms with van der Waals surface area (Å²) in [5, 5.41) is 11.3. The number of aliphatic hydroxyl groups is 1. The van der Waals surface area contributed by atoms with Crippen LogP contribution in [0.4, 0.5) is 0 Å². The van der Waals surface area contributed by atoms with Crippen molar-refractivity contribution in [1.29, 1.82) is 0 Å². The average Bonchev–Trinajstić information content (AvgIpc) is 3.07. The summed E-state index contributed by atoms with van der Waals surface area (Å²) in [4.78, 5) is 27.6. The molecule has 0 aliphatic carbocycles. The van der Waals surface area contributed by atoms with Gasteiger partial charge in [-0.3, -0.25) is 9.59 Å². The highest BCUT2D eigenvalue weighted by molar-refractivity contribution is 6.46. The Labute approximate surface area is 193 Å². The first-order valence-corrected chi connectivity index (χ1v) is 10.6. The summed E-state index contributed by atoms with van der Waals surface area (Å²) in [5.41, 5.74) is 0.810. The predicted octanol–water partition coefficient (Wildman–Crippen LogP) is 3.56. The molecule has 1 aliphatic heterocycles. The number of Topliss-reactive ketones (excluding diaryl/α,β-unsaturated/α-hetero) is 1. The van der Waals surface area contributed by atoms with Crippen molar-refractivity contribution in [3.8, 4) is 17.2 Å². The van der Waals surface area contributed by atoms with Gasteiger partial charge in [-0.2, -0.15) is 0 Å². The van der Waals surface area contributed by atoms with Crippen molar-refractivity contribution in [2.24, 2.45) is 0 Å². The van der Waals surface area contributed by atoms with Crippen LogP contribution in [0.2, 0.25) is 0 Å². The number of hydrogen-bond acceptors (Lipinski definition) is 7. The summed E-state index contributed by atoms with van der Waals surface area (Å²) < 4.78 is 21.7. The molecule has 176 valence electrons. The van der Waals surface area contributed by atoms with Gasteiger partial charge in [-0.1, -0.05) is 18.2 Å². The van der Waals surface area contributed by atoms with E-state index in [2.05, 4.69) is 0 Å². The Morgan fingerprint density at radius 1 is 1.00 bits per heavy atom. The monoisotopic (exact) mass is 455 g/mol. The van der Waals surface area contributed by atoms with Gasteiger partial charge < -0.3 is 29.0 Å². The average molecular weight is 456 g/mol. The van der Waals surface area contributed by atoms with Crippen LogP contribution < -0.4 is 14.2 Å². The first-order valence-electron chi connectivity index (χ1n) is 10.6. The van der Waals surface area contributed by atoms with Crippen molar-refractivity contribution in [2.45, 2.75) is 26.0 Å². The number of carbonyl (C=O) groups excluding carboxylic acids is 2. The maximum Gasteiger partial charge on any atom is 0.295 e. The van der Waals surface area contributed by atoms with Gasteiger partial charge in [-0.15, -0.1) is 0 Å². The van der Waals surface area contributed by atoms with Crippen LogP contribution in [0.25, 0.3) is 5.76 Å². The van der Waals surface area contributed by atoms with Crippen molar-refractivity contribution in [2.75, 3.05) is 34.5 Å². The first kappa shape index (κ1) is 24.1. The molecule has 0 saturated carbocycles. The molecule has 8 heteroatoms. The third-order valence-electron chi connectivity index (χ3n) is 5.42. The highest BCUT2D eigenvalue weighted by atomic mass is 16.5. The molecule has 3 rings (SSSR count). The number of ether oxygens (including phenoxy) is 4. The maximum absolute atomic E-state index is 13.2. The predicted molar refractivity (Wildman–Crippen MR) is 123 cm³/mol. The van der Waals surface area contributed by atoms with Crippen LogP contribution in [0.1, 0.15) is 31.0 Å². The van der Waals surface area contributed by atoms with Crippen LogP contribution in [0.3, 0.4) is 0 Å². The Hall–Kier alpha value is -3.52. The highest BCUT2D eigenvalue weighted by Gasteiger charge is 2.47. The lowest BCUT2D eigenvalue weighted by Gasteiger charge is -2.27. The van der Waals surface area contributed by atoms with Crippen LogP contribution in [0.15, 0.2) is 48.0 Å². The van der Waals surface area contributed by atoms with E-state index in [9.17, 15) is 14.7 Å². The van der Waals surface area contributed by atoms with Crippen LogP contribution in [-0.2, 0) is 14.3 Å². The Balaban J connectivity index is 2.19. The number of benzene rings is 2. The molecule has 0 spiro atoms. The van der Waals surface area contributed by atoms with Gasteiger partial charge in [0, 0.05) is 18.2 Å². The molecule has 1 unspecified atom stereocenters. The van der Waals surface area contributed by atoms with Gasteiger partial charge in [0.15, 0.2) is 0 Å². The second-order valence-electron chi connectivity index (χ2n) is 7.72. The van der Waals surface area contributed by atoms with Gasteiger partial charge in [0.1, 0.15) is 23.0 Å². The molecule has 2 aromatic carbocycles. The van der Waals surface area contributed by atoms with E-state index in [1.165, 1.54) is 26.2 Å². The van der Waals surface area contributed by atoms with Gasteiger partial charge in [-0.25, -0.2) is 0 Å². The number of rotatable bonds is 9. The molecule has 0 aromatic heterocycles. The van der Waals surface area contributed by atoms with E-state index in [1.807, 2.05) is 13.8 Å². The molecular weight excluding hydrogens is 426 g/mol. The maximum atomic E-state index is 13.2. The molecule has 1 heterocycles. The molecule has 33 heavy (non-hydrogen) atoms. The number of amides is 1. The lowest BCUT2D eigenvalue weighted by atomic mass is 9.94. The zero-order valence-electron chi connectivity index (χ0n) is 19.5. The smallest absolute Gasteiger partial charge is 0.295 e. The number of para-hydroxylation sites is 1. The number of methoxy groups -OCH3 is 3. The fourth-order valence-corrected chi connectivity index (χ4v) is 3.85. The standard InChI is InChI=1S/C25H29NO7/c1-15(2)33-13-12-26-22(17-8-6-7-9-19(17)31-4)21(24(28)25(26)29)23(27)18-11-10-16(30-3)14-20(18)32-5/h6-11,14-15,22,27H,12-13H2,1-5H3/b23-21+. The molecule has 1 aliphatic rings. The minimum atomic E-state index is -0.858. The van der Waals surface area contributed by atoms with Gasteiger partial charge in [0.2, 0.25) is 0 Å². The molecular formula is C25H29NO7. The van der Waals surface area contributed by atoms with E-state index in [1.54, 1.807) is 42.5 Å². The van der Waals surface area contributed by atoms with E-state index in [-0.39, 0.29) is 36.2 Å². The van der Waals surface area contributed by atoms with E-state index < -0.39 is 17.7 Å². The fraction of sp³-hybridized carbons (Fsp3) is 0.360. The Kier molecular flexibility index (Phi) is 7.60. The fourth-order valence-electron chi connectivity index (χ4n) is 3.85. The van der Waals surface area contributed by atoms with Crippen molar-refractivity contribution in [3.05, 3.63) is 59.2 Å². The normalized spacial score (nSPS) is 17.5. The molecule has 1 saturated heterocycles. The Morgan fingerprint density at radius 3 is 2.33 bits per heavy atom. The van der Waals surface area contributed by atoms with Gasteiger partial charge in [0.25, 0.3) is 11.7 Å². The summed E-state index contributed by atoms with van der Waals surface area (Å²) in [6.07, 6.45) is -0.0323. The molecule has 0 radical (unpaired) electrons. The van der Waals surface area contributed by atoms with Crippen molar-refractivity contribution in [1.82, 2.24) is 4.90 Å². The molecule has 1 atom stereocenters. The summed E-state index contributed by atoms with van der Waals surface area (Å²) >= 11 is 0. The van der Waals surface area contributed by atoms with Gasteiger partial charge >= 0.3 is 0 Å². The largest absolute Gasteiger partial charge is 0.507 e. The van der Waals surface area contributed by atoms with Crippen LogP contribution in [0.5, 0.6) is 17.2 Å². The van der Waals surface area contributed by atoms with Crippen LogP contribution >= 0.6 is 0 Å². The van der Waals surface area contributed by atoms with Crippen molar-refractivity contribution >= 4 is 17.4 Å². The van der Waals surface area contributed by atoms with E-state index in [0.717, 1.165) is 0 Å². The number of hydrogen-bond donors (Lipinski definition) is 1. The van der Waals surface area contributed by atoms with Crippen LogP contribution in [-0.4, -0.2) is 62.3 Å². The molecule has 0 bridgehead atoms. The second kappa shape index (κ2) is 10.4. The lowest BCUT2D eigenvalue weighted by Crippen LogP contribution is -2.33. The summed E-state index contributed by atoms with van der Waals surface area (Å²) in [5.74, 6) is -0.517. The number of likely N-dealkylation sites (tertiary alicyclic amines) is 1. The Bertz CT molecular complexity index is 1060. The number of nitrogens with zero attached hydrogens (tertiary/aromatic N) is 1. The SMILES string of the molecule is COc1ccc(/C(O)=C2\C(=O)C(=O)N(CCOC(C)C)C2c2ccccc2OC)c(OC)c1. The summed E-state index contributed by atoms with van der Waals surface area (Å²) in [6, 6.07) is 11.1. The quantitative estimate of drug-likeness (QED) is 0.351. The molecule has 1 amide bonds. The van der Waals surface area contributed by atoms with Gasteiger partial charge in [-0.05, 0) is 32.0 Å². The molecule has 1 N–H and O–H groups in total. The lowest BCUT2D eigenvalue weighted by molar-refractivity contribution is -0.140. The second-order valence-corrected chi connectivity index (χ2v) is 7.72. The third kappa shape index (κ3) is 4.80. The third-order valence-corrected chi connectivity index (χ3v) is 5.42. The number of carbonyl (C=O) groups is 2. The molecule has 8 nitrogen and oxygen atoms in total. The van der Waals surface area contributed by atoms with Crippen molar-refractivity contribution in [3.63, 3.8) is 0 Å². The number of ketones is 1. The first-order chi connectivity index (χ1) is 15.8. The number of aliphatic hydroxyl groups excluding tert-OH is 1.